The highest BCUT2D eigenvalue weighted by molar-refractivity contribution is 9.10. The van der Waals surface area contributed by atoms with E-state index in [9.17, 15) is 5.11 Å². The lowest BCUT2D eigenvalue weighted by Crippen LogP contribution is -2.24. The van der Waals surface area contributed by atoms with Crippen LogP contribution in [0.15, 0.2) is 21.2 Å². The molecule has 1 N–H and O–H groups in total. The lowest BCUT2D eigenvalue weighted by atomic mass is 9.84. The lowest BCUT2D eigenvalue weighted by Gasteiger charge is -2.23. The van der Waals surface area contributed by atoms with Crippen LogP contribution < -0.4 is 0 Å². The second-order valence-electron chi connectivity index (χ2n) is 4.56. The van der Waals surface area contributed by atoms with Gasteiger partial charge in [-0.05, 0) is 41.8 Å². The monoisotopic (exact) mass is 288 g/mol. The molecule has 0 aromatic carbocycles. The second-order valence-corrected chi connectivity index (χ2v) is 5.41. The van der Waals surface area contributed by atoms with Gasteiger partial charge in [-0.25, -0.2) is 0 Å². The number of aliphatic hydroxyl groups excluding tert-OH is 1. The fourth-order valence-corrected chi connectivity index (χ4v) is 2.97. The Kier molecular flexibility index (Phi) is 3.42. The maximum absolute atomic E-state index is 10.3. The molecule has 5 atom stereocenters. The predicted octanol–water partition coefficient (Wildman–Crippen LogP) is 3.14. The van der Waals surface area contributed by atoms with E-state index in [0.717, 1.165) is 4.47 Å². The Labute approximate surface area is 104 Å². The molecule has 16 heavy (non-hydrogen) atoms. The van der Waals surface area contributed by atoms with Crippen LogP contribution in [0.3, 0.4) is 0 Å². The summed E-state index contributed by atoms with van der Waals surface area (Å²) in [5.74, 6) is 1.00. The van der Waals surface area contributed by atoms with Crippen LogP contribution >= 0.6 is 15.9 Å². The number of furan rings is 1. The first-order valence-corrected chi connectivity index (χ1v) is 6.38. The fraction of sp³-hybridized carbons (Fsp3) is 0.667. The highest BCUT2D eigenvalue weighted by Crippen LogP contribution is 2.42. The Morgan fingerprint density at radius 1 is 1.31 bits per heavy atom. The van der Waals surface area contributed by atoms with Crippen LogP contribution in [0.25, 0.3) is 0 Å². The van der Waals surface area contributed by atoms with Crippen LogP contribution in [-0.4, -0.2) is 17.3 Å². The van der Waals surface area contributed by atoms with Gasteiger partial charge in [-0.2, -0.15) is 0 Å². The van der Waals surface area contributed by atoms with E-state index < -0.39 is 6.10 Å². The molecule has 1 aliphatic heterocycles. The summed E-state index contributed by atoms with van der Waals surface area (Å²) < 4.78 is 11.9. The third-order valence-electron chi connectivity index (χ3n) is 3.60. The van der Waals surface area contributed by atoms with E-state index in [4.69, 9.17) is 9.15 Å². The van der Waals surface area contributed by atoms with Gasteiger partial charge in [-0.3, -0.25) is 0 Å². The van der Waals surface area contributed by atoms with Crippen LogP contribution in [0, 0.1) is 11.8 Å². The molecule has 0 saturated carbocycles. The van der Waals surface area contributed by atoms with Crippen LogP contribution in [0.5, 0.6) is 0 Å². The molecule has 0 amide bonds. The van der Waals surface area contributed by atoms with Crippen molar-refractivity contribution in [1.29, 1.82) is 0 Å². The van der Waals surface area contributed by atoms with Crippen LogP contribution in [0.1, 0.15) is 32.6 Å². The maximum Gasteiger partial charge on any atom is 0.146 e. The molecular formula is C12H17BrO3. The molecule has 1 fully saturated rings. The SMILES string of the molecule is CC1OC(C)C(C(O)c2occc2Br)C1C. The number of hydrogen-bond acceptors (Lipinski definition) is 3. The molecule has 1 aromatic rings. The molecule has 1 aromatic heterocycles. The van der Waals surface area contributed by atoms with Crippen molar-refractivity contribution in [3.05, 3.63) is 22.6 Å². The highest BCUT2D eigenvalue weighted by atomic mass is 79.9. The summed E-state index contributed by atoms with van der Waals surface area (Å²) in [4.78, 5) is 0. The van der Waals surface area contributed by atoms with Gasteiger partial charge < -0.3 is 14.3 Å². The Balaban J connectivity index is 2.22. The van der Waals surface area contributed by atoms with Crippen LogP contribution in [0.2, 0.25) is 0 Å². The Morgan fingerprint density at radius 2 is 2.00 bits per heavy atom. The number of hydrogen-bond donors (Lipinski definition) is 1. The maximum atomic E-state index is 10.3. The first-order valence-electron chi connectivity index (χ1n) is 5.58. The Morgan fingerprint density at radius 3 is 2.44 bits per heavy atom. The molecule has 0 radical (unpaired) electrons. The normalized spacial score (nSPS) is 36.6. The van der Waals surface area contributed by atoms with Gasteiger partial charge >= 0.3 is 0 Å². The van der Waals surface area contributed by atoms with Crippen molar-refractivity contribution < 1.29 is 14.3 Å². The molecule has 0 spiro atoms. The molecule has 0 aliphatic carbocycles. The average molecular weight is 289 g/mol. The number of rotatable bonds is 2. The third kappa shape index (κ3) is 1.94. The van der Waals surface area contributed by atoms with Gasteiger partial charge in [0.1, 0.15) is 11.9 Å². The molecule has 2 rings (SSSR count). The largest absolute Gasteiger partial charge is 0.465 e. The lowest BCUT2D eigenvalue weighted by molar-refractivity contribution is 0.0153. The first kappa shape index (κ1) is 12.1. The summed E-state index contributed by atoms with van der Waals surface area (Å²) in [6.45, 7) is 6.16. The van der Waals surface area contributed by atoms with E-state index in [1.807, 2.05) is 13.8 Å². The number of aliphatic hydroxyl groups is 1. The van der Waals surface area contributed by atoms with Crippen molar-refractivity contribution >= 4 is 15.9 Å². The van der Waals surface area contributed by atoms with Gasteiger partial charge in [0.05, 0.1) is 22.9 Å². The minimum absolute atomic E-state index is 0.0528. The molecular weight excluding hydrogens is 272 g/mol. The molecule has 1 aliphatic rings. The smallest absolute Gasteiger partial charge is 0.146 e. The van der Waals surface area contributed by atoms with E-state index in [0.29, 0.717) is 11.7 Å². The summed E-state index contributed by atoms with van der Waals surface area (Å²) in [5, 5.41) is 10.3. The van der Waals surface area contributed by atoms with E-state index in [-0.39, 0.29) is 18.1 Å². The Bertz CT molecular complexity index is 363. The van der Waals surface area contributed by atoms with Crippen molar-refractivity contribution in [1.82, 2.24) is 0 Å². The molecule has 90 valence electrons. The van der Waals surface area contributed by atoms with E-state index in [2.05, 4.69) is 22.9 Å². The van der Waals surface area contributed by atoms with Gasteiger partial charge in [0.2, 0.25) is 0 Å². The summed E-state index contributed by atoms with van der Waals surface area (Å²) in [6, 6.07) is 1.80. The quantitative estimate of drug-likeness (QED) is 0.909. The topological polar surface area (TPSA) is 42.6 Å². The molecule has 5 unspecified atom stereocenters. The van der Waals surface area contributed by atoms with Gasteiger partial charge in [0.25, 0.3) is 0 Å². The van der Waals surface area contributed by atoms with Crippen molar-refractivity contribution in [2.24, 2.45) is 11.8 Å². The van der Waals surface area contributed by atoms with Crippen LogP contribution in [0.4, 0.5) is 0 Å². The zero-order valence-electron chi connectivity index (χ0n) is 9.68. The van der Waals surface area contributed by atoms with Crippen molar-refractivity contribution in [2.75, 3.05) is 0 Å². The van der Waals surface area contributed by atoms with Gasteiger partial charge in [0, 0.05) is 5.92 Å². The summed E-state index contributed by atoms with van der Waals surface area (Å²) >= 11 is 3.37. The minimum atomic E-state index is -0.612. The van der Waals surface area contributed by atoms with E-state index >= 15 is 0 Å². The van der Waals surface area contributed by atoms with Crippen molar-refractivity contribution in [3.63, 3.8) is 0 Å². The zero-order valence-corrected chi connectivity index (χ0v) is 11.3. The Hall–Kier alpha value is -0.320. The molecule has 1 saturated heterocycles. The average Bonchev–Trinajstić information content (AvgIpc) is 2.73. The van der Waals surface area contributed by atoms with Crippen LogP contribution in [-0.2, 0) is 4.74 Å². The minimum Gasteiger partial charge on any atom is -0.465 e. The van der Waals surface area contributed by atoms with Crippen molar-refractivity contribution in [3.8, 4) is 0 Å². The number of ether oxygens (including phenoxy) is 1. The molecule has 4 heteroatoms. The predicted molar refractivity (Wildman–Crippen MR) is 64.0 cm³/mol. The van der Waals surface area contributed by atoms with E-state index in [1.54, 1.807) is 12.3 Å². The summed E-state index contributed by atoms with van der Waals surface area (Å²) in [5.41, 5.74) is 0. The zero-order chi connectivity index (χ0) is 11.9. The van der Waals surface area contributed by atoms with Gasteiger partial charge in [-0.15, -0.1) is 0 Å². The second kappa shape index (κ2) is 4.51. The van der Waals surface area contributed by atoms with E-state index in [1.165, 1.54) is 0 Å². The van der Waals surface area contributed by atoms with Gasteiger partial charge in [0.15, 0.2) is 0 Å². The standard InChI is InChI=1S/C12H17BrO3/c1-6-7(2)16-8(3)10(6)11(14)12-9(13)4-5-15-12/h4-8,10-11,14H,1-3H3. The molecule has 0 bridgehead atoms. The highest BCUT2D eigenvalue weighted by Gasteiger charge is 2.43. The molecule has 2 heterocycles. The summed E-state index contributed by atoms with van der Waals surface area (Å²) in [7, 11) is 0. The fourth-order valence-electron chi connectivity index (χ4n) is 2.53. The number of halogens is 1. The first-order chi connectivity index (χ1) is 7.52. The van der Waals surface area contributed by atoms with Crippen molar-refractivity contribution in [2.45, 2.75) is 39.1 Å². The van der Waals surface area contributed by atoms with Gasteiger partial charge in [-0.1, -0.05) is 6.92 Å². The summed E-state index contributed by atoms with van der Waals surface area (Å²) in [6.07, 6.45) is 1.21. The third-order valence-corrected chi connectivity index (χ3v) is 4.25. The molecule has 3 nitrogen and oxygen atoms in total.